The smallest absolute Gasteiger partial charge is 0.338 e. The van der Waals surface area contributed by atoms with E-state index in [9.17, 15) is 19.2 Å². The maximum atomic E-state index is 12.7. The fourth-order valence-electron chi connectivity index (χ4n) is 3.28. The molecule has 0 fully saturated rings. The maximum absolute atomic E-state index is 12.7. The third-order valence-electron chi connectivity index (χ3n) is 4.88. The number of rotatable bonds is 9. The molecule has 2 aromatic carbocycles. The van der Waals surface area contributed by atoms with Crippen LogP contribution in [-0.2, 0) is 19.1 Å². The minimum absolute atomic E-state index is 0.0463. The summed E-state index contributed by atoms with van der Waals surface area (Å²) in [6.45, 7) is 1.51. The second-order valence-corrected chi connectivity index (χ2v) is 7.66. The topological polar surface area (TPSA) is 123 Å². The zero-order valence-electron chi connectivity index (χ0n) is 18.4. The number of halogens is 1. The van der Waals surface area contributed by atoms with Gasteiger partial charge in [-0.1, -0.05) is 41.9 Å². The van der Waals surface area contributed by atoms with E-state index in [1.807, 2.05) is 6.07 Å². The average Bonchev–Trinajstić information content (AvgIpc) is 2.83. The highest BCUT2D eigenvalue weighted by Gasteiger charge is 2.34. The number of hydrogen-bond acceptors (Lipinski definition) is 6. The molecule has 0 bridgehead atoms. The van der Waals surface area contributed by atoms with Crippen molar-refractivity contribution in [3.05, 3.63) is 82.0 Å². The van der Waals surface area contributed by atoms with E-state index in [4.69, 9.17) is 21.1 Å². The first-order valence-electron chi connectivity index (χ1n) is 10.6. The number of benzene rings is 2. The highest BCUT2D eigenvalue weighted by molar-refractivity contribution is 6.30. The molecule has 1 aliphatic heterocycles. The largest absolute Gasteiger partial charge is 0.463 e. The monoisotopic (exact) mass is 485 g/mol. The lowest BCUT2D eigenvalue weighted by molar-refractivity contribution is -0.143. The number of hydrogen-bond donors (Lipinski definition) is 3. The normalized spacial score (nSPS) is 15.1. The summed E-state index contributed by atoms with van der Waals surface area (Å²) >= 11 is 5.81. The Morgan fingerprint density at radius 3 is 2.41 bits per heavy atom. The predicted octanol–water partition coefficient (Wildman–Crippen LogP) is 2.87. The van der Waals surface area contributed by atoms with Crippen LogP contribution >= 0.6 is 11.6 Å². The first-order valence-corrected chi connectivity index (χ1v) is 11.0. The van der Waals surface area contributed by atoms with Crippen LogP contribution in [0.5, 0.6) is 0 Å². The van der Waals surface area contributed by atoms with Gasteiger partial charge in [0.1, 0.15) is 6.61 Å². The lowest BCUT2D eigenvalue weighted by atomic mass is 9.95. The molecule has 0 aliphatic carbocycles. The quantitative estimate of drug-likeness (QED) is 0.469. The SMILES string of the molecule is CCOC(=O)C1=C(COC(=O)CCNC(=O)c2ccc(Cl)cc2)NC(=O)NC1c1ccccc1. The van der Waals surface area contributed by atoms with E-state index in [0.717, 1.165) is 0 Å². The van der Waals surface area contributed by atoms with Crippen LogP contribution in [0.15, 0.2) is 65.9 Å². The second kappa shape index (κ2) is 11.9. The Morgan fingerprint density at radius 2 is 1.74 bits per heavy atom. The van der Waals surface area contributed by atoms with Crippen LogP contribution in [0.2, 0.25) is 5.02 Å². The van der Waals surface area contributed by atoms with Gasteiger partial charge in [0.05, 0.1) is 30.3 Å². The van der Waals surface area contributed by atoms with Crippen LogP contribution in [0.3, 0.4) is 0 Å². The van der Waals surface area contributed by atoms with Gasteiger partial charge in [-0.2, -0.15) is 0 Å². The van der Waals surface area contributed by atoms with Gasteiger partial charge in [0.25, 0.3) is 5.91 Å². The second-order valence-electron chi connectivity index (χ2n) is 7.23. The lowest BCUT2D eigenvalue weighted by Gasteiger charge is -2.29. The van der Waals surface area contributed by atoms with Gasteiger partial charge in [-0.15, -0.1) is 0 Å². The van der Waals surface area contributed by atoms with Gasteiger partial charge >= 0.3 is 18.0 Å². The van der Waals surface area contributed by atoms with Crippen molar-refractivity contribution >= 4 is 35.5 Å². The Morgan fingerprint density at radius 1 is 1.03 bits per heavy atom. The van der Waals surface area contributed by atoms with Crippen LogP contribution < -0.4 is 16.0 Å². The molecule has 1 aliphatic rings. The van der Waals surface area contributed by atoms with Crippen molar-refractivity contribution in [2.75, 3.05) is 19.8 Å². The zero-order valence-corrected chi connectivity index (χ0v) is 19.2. The molecule has 178 valence electrons. The number of carbonyl (C=O) groups is 4. The van der Waals surface area contributed by atoms with Gasteiger partial charge in [0.15, 0.2) is 0 Å². The molecule has 1 unspecified atom stereocenters. The van der Waals surface area contributed by atoms with Crippen LogP contribution in [0, 0.1) is 0 Å². The molecule has 1 atom stereocenters. The zero-order chi connectivity index (χ0) is 24.5. The number of urea groups is 1. The molecular weight excluding hydrogens is 462 g/mol. The molecular formula is C24H24ClN3O6. The van der Waals surface area contributed by atoms with E-state index in [1.165, 1.54) is 0 Å². The Hall–Kier alpha value is -3.85. The van der Waals surface area contributed by atoms with Crippen molar-refractivity contribution in [3.63, 3.8) is 0 Å². The van der Waals surface area contributed by atoms with E-state index in [1.54, 1.807) is 55.5 Å². The van der Waals surface area contributed by atoms with Crippen LogP contribution in [0.4, 0.5) is 4.79 Å². The summed E-state index contributed by atoms with van der Waals surface area (Å²) in [6.07, 6.45) is -0.102. The van der Waals surface area contributed by atoms with Crippen molar-refractivity contribution in [3.8, 4) is 0 Å². The third-order valence-corrected chi connectivity index (χ3v) is 5.13. The van der Waals surface area contributed by atoms with Gasteiger partial charge in [-0.3, -0.25) is 9.59 Å². The molecule has 1 heterocycles. The van der Waals surface area contributed by atoms with Gasteiger partial charge in [-0.25, -0.2) is 9.59 Å². The van der Waals surface area contributed by atoms with Gasteiger partial charge < -0.3 is 25.4 Å². The molecule has 3 rings (SSSR count). The van der Waals surface area contributed by atoms with Gasteiger partial charge in [0.2, 0.25) is 0 Å². The summed E-state index contributed by atoms with van der Waals surface area (Å²) in [5, 5.41) is 8.36. The number of amides is 3. The molecule has 9 nitrogen and oxygen atoms in total. The Kier molecular flexibility index (Phi) is 8.64. The molecule has 2 aromatic rings. The van der Waals surface area contributed by atoms with Crippen molar-refractivity contribution < 1.29 is 28.7 Å². The van der Waals surface area contributed by atoms with Crippen molar-refractivity contribution in [2.45, 2.75) is 19.4 Å². The number of esters is 2. The number of nitrogens with one attached hydrogen (secondary N) is 3. The van der Waals surface area contributed by atoms with E-state index >= 15 is 0 Å². The van der Waals surface area contributed by atoms with E-state index in [2.05, 4.69) is 16.0 Å². The van der Waals surface area contributed by atoms with Crippen LogP contribution in [-0.4, -0.2) is 43.6 Å². The molecule has 0 radical (unpaired) electrons. The molecule has 0 aromatic heterocycles. The molecule has 0 saturated carbocycles. The highest BCUT2D eigenvalue weighted by Crippen LogP contribution is 2.27. The highest BCUT2D eigenvalue weighted by atomic mass is 35.5. The minimum atomic E-state index is -0.763. The molecule has 0 saturated heterocycles. The average molecular weight is 486 g/mol. The molecule has 10 heteroatoms. The van der Waals surface area contributed by atoms with E-state index in [0.29, 0.717) is 16.1 Å². The Balaban J connectivity index is 1.64. The summed E-state index contributed by atoms with van der Waals surface area (Å²) in [5.74, 6) is -1.60. The fourth-order valence-corrected chi connectivity index (χ4v) is 3.41. The summed E-state index contributed by atoms with van der Waals surface area (Å²) in [4.78, 5) is 49.2. The first kappa shape index (κ1) is 24.8. The molecule has 3 N–H and O–H groups in total. The number of ether oxygens (including phenoxy) is 2. The van der Waals surface area contributed by atoms with Crippen molar-refractivity contribution in [1.82, 2.24) is 16.0 Å². The van der Waals surface area contributed by atoms with Crippen molar-refractivity contribution in [1.29, 1.82) is 0 Å². The molecule has 34 heavy (non-hydrogen) atoms. The Bertz CT molecular complexity index is 1090. The van der Waals surface area contributed by atoms with Crippen molar-refractivity contribution in [2.24, 2.45) is 0 Å². The third kappa shape index (κ3) is 6.58. The summed E-state index contributed by atoms with van der Waals surface area (Å²) in [6, 6.07) is 13.9. The lowest BCUT2D eigenvalue weighted by Crippen LogP contribution is -2.47. The summed E-state index contributed by atoms with van der Waals surface area (Å²) in [7, 11) is 0. The maximum Gasteiger partial charge on any atom is 0.338 e. The number of carbonyl (C=O) groups excluding carboxylic acids is 4. The van der Waals surface area contributed by atoms with Crippen LogP contribution in [0.1, 0.15) is 35.3 Å². The molecule has 3 amide bonds. The van der Waals surface area contributed by atoms with E-state index in [-0.39, 0.29) is 43.4 Å². The summed E-state index contributed by atoms with van der Waals surface area (Å²) < 4.78 is 10.4. The Labute approximate surface area is 201 Å². The first-order chi connectivity index (χ1) is 16.4. The predicted molar refractivity (Wildman–Crippen MR) is 124 cm³/mol. The standard InChI is InChI=1S/C24H24ClN3O6/c1-2-33-23(31)20-18(27-24(32)28-21(20)15-6-4-3-5-7-15)14-34-19(29)12-13-26-22(30)16-8-10-17(25)11-9-16/h3-11,21H,2,12-14H2,1H3,(H,26,30)(H2,27,28,32). The van der Waals surface area contributed by atoms with E-state index < -0.39 is 24.0 Å². The van der Waals surface area contributed by atoms with Crippen LogP contribution in [0.25, 0.3) is 0 Å². The van der Waals surface area contributed by atoms with Gasteiger partial charge in [0, 0.05) is 17.1 Å². The summed E-state index contributed by atoms with van der Waals surface area (Å²) in [5.41, 5.74) is 1.37. The molecule has 0 spiro atoms. The fraction of sp³-hybridized carbons (Fsp3) is 0.250. The minimum Gasteiger partial charge on any atom is -0.463 e. The van der Waals surface area contributed by atoms with Gasteiger partial charge in [-0.05, 0) is 36.8 Å².